The molecule has 2 N–H and O–H groups in total. The van der Waals surface area contributed by atoms with Crippen LogP contribution in [0.1, 0.15) is 12.0 Å². The molecule has 3 nitrogen and oxygen atoms in total. The van der Waals surface area contributed by atoms with E-state index in [1.54, 1.807) is 0 Å². The van der Waals surface area contributed by atoms with Gasteiger partial charge in [0.1, 0.15) is 0 Å². The van der Waals surface area contributed by atoms with Crippen molar-refractivity contribution in [3.63, 3.8) is 0 Å². The fourth-order valence-corrected chi connectivity index (χ4v) is 2.68. The van der Waals surface area contributed by atoms with E-state index < -0.39 is 0 Å². The Morgan fingerprint density at radius 2 is 1.91 bits per heavy atom. The molecule has 5 heteroatoms. The summed E-state index contributed by atoms with van der Waals surface area (Å²) in [4.78, 5) is 11.8. The van der Waals surface area contributed by atoms with E-state index in [-0.39, 0.29) is 5.91 Å². The number of carbonyl (C=O) groups excluding carboxylic acids is 1. The lowest BCUT2D eigenvalue weighted by atomic mass is 10.1. The Bertz CT molecular complexity index is 634. The van der Waals surface area contributed by atoms with Crippen LogP contribution in [0.5, 0.6) is 0 Å². The summed E-state index contributed by atoms with van der Waals surface area (Å²) in [6.07, 6.45) is 1.22. The molecule has 0 bridgehead atoms. The summed E-state index contributed by atoms with van der Waals surface area (Å²) >= 11 is 9.39. The zero-order valence-corrected chi connectivity index (χ0v) is 14.5. The number of rotatable bonds is 7. The molecule has 0 aliphatic carbocycles. The van der Waals surface area contributed by atoms with Crippen LogP contribution in [0.4, 0.5) is 5.69 Å². The second-order valence-electron chi connectivity index (χ2n) is 4.89. The van der Waals surface area contributed by atoms with Gasteiger partial charge in [-0.05, 0) is 52.2 Å². The first-order valence-corrected chi connectivity index (χ1v) is 8.32. The third kappa shape index (κ3) is 5.70. The van der Waals surface area contributed by atoms with Crippen molar-refractivity contribution in [1.29, 1.82) is 0 Å². The van der Waals surface area contributed by atoms with E-state index in [1.165, 1.54) is 0 Å². The number of carbonyl (C=O) groups is 1. The summed E-state index contributed by atoms with van der Waals surface area (Å²) < 4.78 is 0.997. The Hall–Kier alpha value is -1.52. The van der Waals surface area contributed by atoms with Gasteiger partial charge in [0, 0.05) is 34.7 Å². The van der Waals surface area contributed by atoms with E-state index in [9.17, 15) is 4.79 Å². The maximum Gasteiger partial charge on any atom is 0.221 e. The van der Waals surface area contributed by atoms with Gasteiger partial charge >= 0.3 is 0 Å². The number of nitrogens with one attached hydrogen (secondary N) is 2. The van der Waals surface area contributed by atoms with E-state index in [0.717, 1.165) is 27.2 Å². The standard InChI is InChI=1S/C17H18BrClN2O/c18-15-6-1-2-7-16(15)20-11-9-17(22)21-10-8-13-4-3-5-14(19)12-13/h1-7,12,20H,8-11H2,(H,21,22). The molecule has 0 heterocycles. The predicted octanol–water partition coefficient (Wildman–Crippen LogP) is 4.26. The lowest BCUT2D eigenvalue weighted by molar-refractivity contribution is -0.120. The monoisotopic (exact) mass is 380 g/mol. The van der Waals surface area contributed by atoms with Crippen molar-refractivity contribution in [2.24, 2.45) is 0 Å². The molecule has 22 heavy (non-hydrogen) atoms. The molecule has 2 aromatic rings. The zero-order valence-electron chi connectivity index (χ0n) is 12.1. The normalized spacial score (nSPS) is 10.3. The Balaban J connectivity index is 1.65. The van der Waals surface area contributed by atoms with Crippen LogP contribution >= 0.6 is 27.5 Å². The maximum absolute atomic E-state index is 11.8. The second kappa shape index (κ2) is 8.81. The highest BCUT2D eigenvalue weighted by Crippen LogP contribution is 2.20. The number of halogens is 2. The average Bonchev–Trinajstić information content (AvgIpc) is 2.49. The average molecular weight is 382 g/mol. The van der Waals surface area contributed by atoms with Crippen LogP contribution in [0.25, 0.3) is 0 Å². The third-order valence-corrected chi connectivity index (χ3v) is 4.09. The summed E-state index contributed by atoms with van der Waals surface area (Å²) in [5.74, 6) is 0.0431. The first-order valence-electron chi connectivity index (χ1n) is 7.15. The molecule has 0 saturated heterocycles. The highest BCUT2D eigenvalue weighted by molar-refractivity contribution is 9.10. The quantitative estimate of drug-likeness (QED) is 0.752. The SMILES string of the molecule is O=C(CCNc1ccccc1Br)NCCc1cccc(Cl)c1. The Kier molecular flexibility index (Phi) is 6.74. The molecule has 2 aromatic carbocycles. The molecule has 116 valence electrons. The van der Waals surface area contributed by atoms with E-state index >= 15 is 0 Å². The van der Waals surface area contributed by atoms with Gasteiger partial charge in [-0.1, -0.05) is 35.9 Å². The molecular formula is C17H18BrClN2O. The van der Waals surface area contributed by atoms with E-state index in [0.29, 0.717) is 19.5 Å². The molecule has 0 atom stereocenters. The van der Waals surface area contributed by atoms with Crippen LogP contribution in [0, 0.1) is 0 Å². The van der Waals surface area contributed by atoms with Gasteiger partial charge in [-0.25, -0.2) is 0 Å². The van der Waals surface area contributed by atoms with Crippen LogP contribution in [0.2, 0.25) is 5.02 Å². The lowest BCUT2D eigenvalue weighted by Crippen LogP contribution is -2.27. The van der Waals surface area contributed by atoms with E-state index in [2.05, 4.69) is 26.6 Å². The highest BCUT2D eigenvalue weighted by Gasteiger charge is 2.02. The van der Waals surface area contributed by atoms with Gasteiger partial charge in [0.05, 0.1) is 0 Å². The van der Waals surface area contributed by atoms with Gasteiger partial charge < -0.3 is 10.6 Å². The minimum atomic E-state index is 0.0431. The smallest absolute Gasteiger partial charge is 0.221 e. The molecule has 1 amide bonds. The highest BCUT2D eigenvalue weighted by atomic mass is 79.9. The van der Waals surface area contributed by atoms with Crippen molar-refractivity contribution in [3.8, 4) is 0 Å². The number of benzene rings is 2. The van der Waals surface area contributed by atoms with Crippen LogP contribution in [0.3, 0.4) is 0 Å². The number of para-hydroxylation sites is 1. The van der Waals surface area contributed by atoms with Crippen molar-refractivity contribution >= 4 is 39.1 Å². The van der Waals surface area contributed by atoms with Gasteiger partial charge in [0.2, 0.25) is 5.91 Å². The van der Waals surface area contributed by atoms with Gasteiger partial charge in [-0.15, -0.1) is 0 Å². The van der Waals surface area contributed by atoms with Crippen molar-refractivity contribution in [1.82, 2.24) is 5.32 Å². The zero-order chi connectivity index (χ0) is 15.8. The molecule has 0 aromatic heterocycles. The van der Waals surface area contributed by atoms with Crippen LogP contribution in [-0.2, 0) is 11.2 Å². The number of hydrogen-bond acceptors (Lipinski definition) is 2. The van der Waals surface area contributed by atoms with Gasteiger partial charge in [0.15, 0.2) is 0 Å². The van der Waals surface area contributed by atoms with Crippen LogP contribution in [-0.4, -0.2) is 19.0 Å². The fourth-order valence-electron chi connectivity index (χ4n) is 2.04. The number of amides is 1. The van der Waals surface area contributed by atoms with E-state index in [1.807, 2.05) is 48.5 Å². The largest absolute Gasteiger partial charge is 0.384 e. The van der Waals surface area contributed by atoms with Gasteiger partial charge in [0.25, 0.3) is 0 Å². The van der Waals surface area contributed by atoms with Crippen LogP contribution in [0.15, 0.2) is 53.0 Å². The molecule has 0 radical (unpaired) electrons. The fraction of sp³-hybridized carbons (Fsp3) is 0.235. The first kappa shape index (κ1) is 16.8. The van der Waals surface area contributed by atoms with Crippen molar-refractivity contribution in [2.75, 3.05) is 18.4 Å². The third-order valence-electron chi connectivity index (χ3n) is 3.17. The molecular weight excluding hydrogens is 364 g/mol. The molecule has 2 rings (SSSR count). The second-order valence-corrected chi connectivity index (χ2v) is 6.18. The Morgan fingerprint density at radius 1 is 1.09 bits per heavy atom. The maximum atomic E-state index is 11.8. The minimum absolute atomic E-state index is 0.0431. The molecule has 0 aliphatic rings. The minimum Gasteiger partial charge on any atom is -0.384 e. The van der Waals surface area contributed by atoms with Crippen molar-refractivity contribution in [3.05, 3.63) is 63.6 Å². The molecule has 0 spiro atoms. The summed E-state index contributed by atoms with van der Waals surface area (Å²) in [5, 5.41) is 6.88. The summed E-state index contributed by atoms with van der Waals surface area (Å²) in [5.41, 5.74) is 2.12. The number of anilines is 1. The summed E-state index contributed by atoms with van der Waals surface area (Å²) in [6.45, 7) is 1.22. The van der Waals surface area contributed by atoms with Gasteiger partial charge in [-0.3, -0.25) is 4.79 Å². The van der Waals surface area contributed by atoms with Crippen LogP contribution < -0.4 is 10.6 Å². The molecule has 0 fully saturated rings. The molecule has 0 aliphatic heterocycles. The van der Waals surface area contributed by atoms with Crippen molar-refractivity contribution in [2.45, 2.75) is 12.8 Å². The Labute approximate surface area is 144 Å². The summed E-state index contributed by atoms with van der Waals surface area (Å²) in [7, 11) is 0. The first-order chi connectivity index (χ1) is 10.6. The predicted molar refractivity (Wildman–Crippen MR) is 95.4 cm³/mol. The lowest BCUT2D eigenvalue weighted by Gasteiger charge is -2.09. The topological polar surface area (TPSA) is 41.1 Å². The molecule has 0 saturated carbocycles. The molecule has 0 unspecified atom stereocenters. The van der Waals surface area contributed by atoms with Gasteiger partial charge in [-0.2, -0.15) is 0 Å². The van der Waals surface area contributed by atoms with E-state index in [4.69, 9.17) is 11.6 Å². The Morgan fingerprint density at radius 3 is 2.68 bits per heavy atom. The summed E-state index contributed by atoms with van der Waals surface area (Å²) in [6, 6.07) is 15.5. The number of hydrogen-bond donors (Lipinski definition) is 2. The van der Waals surface area contributed by atoms with Crippen molar-refractivity contribution < 1.29 is 4.79 Å².